The molecule has 0 amide bonds. The van der Waals surface area contributed by atoms with E-state index in [4.69, 9.17) is 5.11 Å². The Balaban J connectivity index is 2.27. The Morgan fingerprint density at radius 2 is 2.40 bits per heavy atom. The first-order chi connectivity index (χ1) is 7.31. The number of rotatable bonds is 4. The molecule has 0 unspecified atom stereocenters. The fourth-order valence-electron chi connectivity index (χ4n) is 1.31. The first kappa shape index (κ1) is 10.4. The molecule has 0 aliphatic heterocycles. The lowest BCUT2D eigenvalue weighted by atomic mass is 10.4. The van der Waals surface area contributed by atoms with Crippen LogP contribution in [0.15, 0.2) is 23.2 Å². The maximum atomic E-state index is 8.68. The van der Waals surface area contributed by atoms with Gasteiger partial charge in [0.1, 0.15) is 4.60 Å². The van der Waals surface area contributed by atoms with Crippen LogP contribution < -0.4 is 5.32 Å². The highest BCUT2D eigenvalue weighted by molar-refractivity contribution is 9.10. The molecule has 2 aromatic heterocycles. The average molecular weight is 271 g/mol. The lowest BCUT2D eigenvalue weighted by Gasteiger charge is -2.06. The van der Waals surface area contributed by atoms with Crippen molar-refractivity contribution in [2.45, 2.75) is 6.42 Å². The summed E-state index contributed by atoms with van der Waals surface area (Å²) in [5.41, 5.74) is 0.788. The van der Waals surface area contributed by atoms with Crippen molar-refractivity contribution < 1.29 is 5.11 Å². The Bertz CT molecular complexity index is 456. The van der Waals surface area contributed by atoms with E-state index < -0.39 is 0 Å². The molecule has 0 saturated heterocycles. The van der Waals surface area contributed by atoms with Crippen molar-refractivity contribution in [1.29, 1.82) is 0 Å². The van der Waals surface area contributed by atoms with Crippen molar-refractivity contribution in [1.82, 2.24) is 14.4 Å². The second-order valence-electron chi connectivity index (χ2n) is 3.07. The Morgan fingerprint density at radius 1 is 1.53 bits per heavy atom. The summed E-state index contributed by atoms with van der Waals surface area (Å²) in [5, 5.41) is 11.8. The molecule has 0 radical (unpaired) electrons. The Kier molecular flexibility index (Phi) is 3.17. The van der Waals surface area contributed by atoms with E-state index in [1.807, 2.05) is 16.8 Å². The third-order valence-electron chi connectivity index (χ3n) is 1.97. The van der Waals surface area contributed by atoms with Gasteiger partial charge in [-0.1, -0.05) is 0 Å². The molecular formula is C9H11BrN4O. The number of nitrogens with one attached hydrogen (secondary N) is 1. The number of imidazole rings is 1. The molecule has 0 fully saturated rings. The maximum absolute atomic E-state index is 8.68. The van der Waals surface area contributed by atoms with Gasteiger partial charge in [-0.25, -0.2) is 9.97 Å². The van der Waals surface area contributed by atoms with Crippen LogP contribution in [0.25, 0.3) is 5.65 Å². The zero-order valence-corrected chi connectivity index (χ0v) is 9.61. The van der Waals surface area contributed by atoms with E-state index in [2.05, 4.69) is 31.2 Å². The molecule has 15 heavy (non-hydrogen) atoms. The molecular weight excluding hydrogens is 260 g/mol. The second kappa shape index (κ2) is 4.59. The Morgan fingerprint density at radius 3 is 3.20 bits per heavy atom. The predicted octanol–water partition coefficient (Wildman–Crippen LogP) is 1.29. The molecule has 0 saturated carbocycles. The lowest BCUT2D eigenvalue weighted by molar-refractivity contribution is 0.292. The van der Waals surface area contributed by atoms with Crippen LogP contribution in [0.1, 0.15) is 6.42 Å². The molecule has 0 atom stereocenters. The van der Waals surface area contributed by atoms with Crippen LogP contribution in [0, 0.1) is 0 Å². The fourth-order valence-corrected chi connectivity index (χ4v) is 1.70. The van der Waals surface area contributed by atoms with Crippen molar-refractivity contribution in [2.75, 3.05) is 18.5 Å². The Labute approximate surface area is 95.3 Å². The topological polar surface area (TPSA) is 62.5 Å². The van der Waals surface area contributed by atoms with Gasteiger partial charge in [0.2, 0.25) is 0 Å². The summed E-state index contributed by atoms with van der Waals surface area (Å²) in [4.78, 5) is 8.48. The monoisotopic (exact) mass is 270 g/mol. The molecule has 0 bridgehead atoms. The summed E-state index contributed by atoms with van der Waals surface area (Å²) >= 11 is 3.33. The third kappa shape index (κ3) is 2.27. The maximum Gasteiger partial charge on any atom is 0.180 e. The largest absolute Gasteiger partial charge is 0.396 e. The summed E-state index contributed by atoms with van der Waals surface area (Å²) in [6.07, 6.45) is 6.13. The Hall–Kier alpha value is -1.14. The zero-order chi connectivity index (χ0) is 10.7. The van der Waals surface area contributed by atoms with Crippen LogP contribution in [0.2, 0.25) is 0 Å². The summed E-state index contributed by atoms with van der Waals surface area (Å²) in [6, 6.07) is 0. The number of hydrogen-bond donors (Lipinski definition) is 2. The standard InChI is InChI=1S/C9H11BrN4O/c10-7-6-14-4-3-12-9(14)8(13-7)11-2-1-5-15/h3-4,6,15H,1-2,5H2,(H,11,13). The van der Waals surface area contributed by atoms with Gasteiger partial charge in [0.25, 0.3) is 0 Å². The molecule has 2 heterocycles. The van der Waals surface area contributed by atoms with E-state index in [0.29, 0.717) is 13.0 Å². The quantitative estimate of drug-likeness (QED) is 0.822. The number of aromatic nitrogens is 3. The van der Waals surface area contributed by atoms with Crippen molar-refractivity contribution in [3.8, 4) is 0 Å². The molecule has 6 heteroatoms. The van der Waals surface area contributed by atoms with E-state index in [0.717, 1.165) is 16.1 Å². The highest BCUT2D eigenvalue weighted by Crippen LogP contribution is 2.16. The average Bonchev–Trinajstić information content (AvgIpc) is 2.65. The first-order valence-electron chi connectivity index (χ1n) is 4.65. The minimum atomic E-state index is 0.172. The lowest BCUT2D eigenvalue weighted by Crippen LogP contribution is -2.07. The number of aliphatic hydroxyl groups excluding tert-OH is 1. The van der Waals surface area contributed by atoms with Crippen LogP contribution in [0.3, 0.4) is 0 Å². The van der Waals surface area contributed by atoms with Gasteiger partial charge in [-0.3, -0.25) is 0 Å². The van der Waals surface area contributed by atoms with E-state index in [1.165, 1.54) is 0 Å². The minimum absolute atomic E-state index is 0.172. The van der Waals surface area contributed by atoms with Crippen molar-refractivity contribution >= 4 is 27.4 Å². The number of fused-ring (bicyclic) bond motifs is 1. The van der Waals surface area contributed by atoms with E-state index in [1.54, 1.807) is 6.20 Å². The fraction of sp³-hybridized carbons (Fsp3) is 0.333. The molecule has 0 aliphatic rings. The molecule has 80 valence electrons. The smallest absolute Gasteiger partial charge is 0.180 e. The van der Waals surface area contributed by atoms with E-state index in [-0.39, 0.29) is 6.61 Å². The van der Waals surface area contributed by atoms with Crippen LogP contribution in [0.5, 0.6) is 0 Å². The second-order valence-corrected chi connectivity index (χ2v) is 3.89. The molecule has 2 aromatic rings. The van der Waals surface area contributed by atoms with Crippen LogP contribution >= 0.6 is 15.9 Å². The van der Waals surface area contributed by atoms with Gasteiger partial charge >= 0.3 is 0 Å². The first-order valence-corrected chi connectivity index (χ1v) is 5.44. The zero-order valence-electron chi connectivity index (χ0n) is 8.02. The highest BCUT2D eigenvalue weighted by Gasteiger charge is 2.04. The van der Waals surface area contributed by atoms with Crippen molar-refractivity contribution in [2.24, 2.45) is 0 Å². The van der Waals surface area contributed by atoms with Gasteiger partial charge in [0, 0.05) is 31.7 Å². The van der Waals surface area contributed by atoms with Crippen molar-refractivity contribution in [3.05, 3.63) is 23.2 Å². The highest BCUT2D eigenvalue weighted by atomic mass is 79.9. The summed E-state index contributed by atoms with van der Waals surface area (Å²) in [5.74, 6) is 0.725. The minimum Gasteiger partial charge on any atom is -0.396 e. The number of halogens is 1. The van der Waals surface area contributed by atoms with Gasteiger partial charge in [0.05, 0.1) is 0 Å². The number of hydrogen-bond acceptors (Lipinski definition) is 4. The molecule has 2 N–H and O–H groups in total. The molecule has 0 aromatic carbocycles. The third-order valence-corrected chi connectivity index (χ3v) is 2.35. The molecule has 5 nitrogen and oxygen atoms in total. The van der Waals surface area contributed by atoms with Crippen LogP contribution in [-0.4, -0.2) is 32.6 Å². The summed E-state index contributed by atoms with van der Waals surface area (Å²) in [7, 11) is 0. The van der Waals surface area contributed by atoms with Gasteiger partial charge in [-0.15, -0.1) is 0 Å². The van der Waals surface area contributed by atoms with Crippen LogP contribution in [0.4, 0.5) is 5.82 Å². The number of nitrogens with zero attached hydrogens (tertiary/aromatic N) is 3. The van der Waals surface area contributed by atoms with Gasteiger partial charge in [-0.05, 0) is 22.4 Å². The van der Waals surface area contributed by atoms with Gasteiger partial charge in [-0.2, -0.15) is 0 Å². The molecule has 2 rings (SSSR count). The molecule has 0 aliphatic carbocycles. The SMILES string of the molecule is OCCCNc1nc(Br)cn2ccnc12. The van der Waals surface area contributed by atoms with Gasteiger partial charge < -0.3 is 14.8 Å². The van der Waals surface area contributed by atoms with Crippen LogP contribution in [-0.2, 0) is 0 Å². The molecule has 0 spiro atoms. The predicted molar refractivity (Wildman–Crippen MR) is 60.9 cm³/mol. The summed E-state index contributed by atoms with van der Waals surface area (Å²) in [6.45, 7) is 0.855. The normalized spacial score (nSPS) is 10.8. The van der Waals surface area contributed by atoms with E-state index in [9.17, 15) is 0 Å². The van der Waals surface area contributed by atoms with Crippen molar-refractivity contribution in [3.63, 3.8) is 0 Å². The van der Waals surface area contributed by atoms with E-state index >= 15 is 0 Å². The van der Waals surface area contributed by atoms with Gasteiger partial charge in [0.15, 0.2) is 11.5 Å². The number of anilines is 1. The number of aliphatic hydroxyl groups is 1. The summed E-state index contributed by atoms with van der Waals surface area (Å²) < 4.78 is 2.64.